The van der Waals surface area contributed by atoms with E-state index in [1.807, 2.05) is 0 Å². The van der Waals surface area contributed by atoms with Crippen molar-refractivity contribution in [2.75, 3.05) is 24.7 Å². The maximum atomic E-state index is 5.62. The SMILES string of the molecule is Nc1cnc(CC2CCCOC2)nc1N. The highest BCUT2D eigenvalue weighted by atomic mass is 16.5. The Kier molecular flexibility index (Phi) is 3.01. The van der Waals surface area contributed by atoms with E-state index in [2.05, 4.69) is 9.97 Å². The molecule has 1 saturated heterocycles. The number of nitrogens with two attached hydrogens (primary N) is 2. The smallest absolute Gasteiger partial charge is 0.150 e. The first-order valence-electron chi connectivity index (χ1n) is 5.20. The molecule has 0 saturated carbocycles. The fourth-order valence-electron chi connectivity index (χ4n) is 1.77. The zero-order chi connectivity index (χ0) is 10.7. The third-order valence-corrected chi connectivity index (χ3v) is 2.62. The van der Waals surface area contributed by atoms with Crippen LogP contribution in [0.4, 0.5) is 11.5 Å². The molecule has 0 spiro atoms. The highest BCUT2D eigenvalue weighted by Gasteiger charge is 2.16. The van der Waals surface area contributed by atoms with E-state index in [1.54, 1.807) is 6.20 Å². The Bertz CT molecular complexity index is 336. The van der Waals surface area contributed by atoms with Gasteiger partial charge in [0.25, 0.3) is 0 Å². The molecule has 1 fully saturated rings. The van der Waals surface area contributed by atoms with Gasteiger partial charge in [0.05, 0.1) is 11.9 Å². The molecule has 5 nitrogen and oxygen atoms in total. The van der Waals surface area contributed by atoms with Crippen molar-refractivity contribution in [3.63, 3.8) is 0 Å². The first kappa shape index (κ1) is 10.2. The first-order valence-corrected chi connectivity index (χ1v) is 5.20. The van der Waals surface area contributed by atoms with Gasteiger partial charge < -0.3 is 16.2 Å². The van der Waals surface area contributed by atoms with Crippen LogP contribution in [0.2, 0.25) is 0 Å². The number of nitrogen functional groups attached to an aromatic ring is 2. The molecule has 1 aliphatic rings. The molecule has 5 heteroatoms. The van der Waals surface area contributed by atoms with E-state index in [4.69, 9.17) is 16.2 Å². The van der Waals surface area contributed by atoms with E-state index in [0.29, 0.717) is 17.4 Å². The van der Waals surface area contributed by atoms with Crippen LogP contribution in [0.5, 0.6) is 0 Å². The molecule has 1 aromatic rings. The van der Waals surface area contributed by atoms with E-state index in [-0.39, 0.29) is 0 Å². The van der Waals surface area contributed by atoms with E-state index >= 15 is 0 Å². The second-order valence-corrected chi connectivity index (χ2v) is 3.91. The predicted octanol–water partition coefficient (Wildman–Crippen LogP) is 0.610. The van der Waals surface area contributed by atoms with Crippen molar-refractivity contribution in [1.82, 2.24) is 9.97 Å². The summed E-state index contributed by atoms with van der Waals surface area (Å²) >= 11 is 0. The zero-order valence-electron chi connectivity index (χ0n) is 8.65. The number of ether oxygens (including phenoxy) is 1. The molecule has 1 aliphatic heterocycles. The van der Waals surface area contributed by atoms with Crippen molar-refractivity contribution in [1.29, 1.82) is 0 Å². The maximum Gasteiger partial charge on any atom is 0.150 e. The van der Waals surface area contributed by atoms with Crippen LogP contribution in [0.1, 0.15) is 18.7 Å². The summed E-state index contributed by atoms with van der Waals surface area (Å²) in [5.74, 6) is 1.65. The molecule has 2 heterocycles. The third kappa shape index (κ3) is 2.56. The molecular weight excluding hydrogens is 192 g/mol. The van der Waals surface area contributed by atoms with E-state index < -0.39 is 0 Å². The molecule has 0 amide bonds. The minimum absolute atomic E-state index is 0.372. The van der Waals surface area contributed by atoms with Crippen LogP contribution in [0.25, 0.3) is 0 Å². The average molecular weight is 208 g/mol. The number of hydrogen-bond donors (Lipinski definition) is 2. The van der Waals surface area contributed by atoms with Crippen LogP contribution in [-0.2, 0) is 11.2 Å². The van der Waals surface area contributed by atoms with Gasteiger partial charge in [0.15, 0.2) is 0 Å². The molecule has 2 rings (SSSR count). The van der Waals surface area contributed by atoms with Crippen molar-refractivity contribution >= 4 is 11.5 Å². The second kappa shape index (κ2) is 4.44. The Labute approximate surface area is 88.8 Å². The zero-order valence-corrected chi connectivity index (χ0v) is 8.65. The molecule has 0 bridgehead atoms. The molecule has 82 valence electrons. The summed E-state index contributed by atoms with van der Waals surface area (Å²) in [6, 6.07) is 0. The normalized spacial score (nSPS) is 21.5. The number of aromatic nitrogens is 2. The second-order valence-electron chi connectivity index (χ2n) is 3.91. The molecular formula is C10H16N4O. The van der Waals surface area contributed by atoms with Gasteiger partial charge in [0.1, 0.15) is 11.6 Å². The van der Waals surface area contributed by atoms with E-state index in [1.165, 1.54) is 6.42 Å². The van der Waals surface area contributed by atoms with Gasteiger partial charge in [-0.1, -0.05) is 0 Å². The molecule has 0 aliphatic carbocycles. The van der Waals surface area contributed by atoms with Crippen LogP contribution >= 0.6 is 0 Å². The molecule has 0 radical (unpaired) electrons. The van der Waals surface area contributed by atoms with Crippen molar-refractivity contribution in [3.05, 3.63) is 12.0 Å². The van der Waals surface area contributed by atoms with Crippen molar-refractivity contribution in [3.8, 4) is 0 Å². The summed E-state index contributed by atoms with van der Waals surface area (Å²) in [6.45, 7) is 1.68. The fourth-order valence-corrected chi connectivity index (χ4v) is 1.77. The Morgan fingerprint density at radius 3 is 3.00 bits per heavy atom. The standard InChI is InChI=1S/C10H16N4O/c11-8-5-13-9(14-10(8)12)4-7-2-1-3-15-6-7/h5,7H,1-4,6,11H2,(H2,12,13,14). The van der Waals surface area contributed by atoms with Crippen LogP contribution in [0.3, 0.4) is 0 Å². The molecule has 0 aromatic carbocycles. The Balaban J connectivity index is 2.00. The fraction of sp³-hybridized carbons (Fsp3) is 0.600. The topological polar surface area (TPSA) is 87.0 Å². The van der Waals surface area contributed by atoms with Gasteiger partial charge in [0.2, 0.25) is 0 Å². The van der Waals surface area contributed by atoms with Gasteiger partial charge in [0, 0.05) is 19.6 Å². The number of hydrogen-bond acceptors (Lipinski definition) is 5. The monoisotopic (exact) mass is 208 g/mol. The van der Waals surface area contributed by atoms with Gasteiger partial charge in [-0.2, -0.15) is 0 Å². The molecule has 15 heavy (non-hydrogen) atoms. The largest absolute Gasteiger partial charge is 0.394 e. The summed E-state index contributed by atoms with van der Waals surface area (Å²) in [5, 5.41) is 0. The Morgan fingerprint density at radius 1 is 1.47 bits per heavy atom. The van der Waals surface area contributed by atoms with Crippen LogP contribution < -0.4 is 11.5 Å². The van der Waals surface area contributed by atoms with Crippen molar-refractivity contribution < 1.29 is 4.74 Å². The average Bonchev–Trinajstić information content (AvgIpc) is 2.25. The molecule has 1 atom stereocenters. The van der Waals surface area contributed by atoms with Crippen molar-refractivity contribution in [2.24, 2.45) is 5.92 Å². The lowest BCUT2D eigenvalue weighted by molar-refractivity contribution is 0.0543. The van der Waals surface area contributed by atoms with Crippen molar-refractivity contribution in [2.45, 2.75) is 19.3 Å². The summed E-state index contributed by atoms with van der Waals surface area (Å²) in [5.41, 5.74) is 11.6. The highest BCUT2D eigenvalue weighted by molar-refractivity contribution is 5.55. The van der Waals surface area contributed by atoms with E-state index in [9.17, 15) is 0 Å². The lowest BCUT2D eigenvalue weighted by Gasteiger charge is -2.21. The lowest BCUT2D eigenvalue weighted by Crippen LogP contribution is -2.20. The number of rotatable bonds is 2. The number of nitrogens with zero attached hydrogens (tertiary/aromatic N) is 2. The Morgan fingerprint density at radius 2 is 2.33 bits per heavy atom. The minimum atomic E-state index is 0.372. The summed E-state index contributed by atoms with van der Waals surface area (Å²) in [7, 11) is 0. The van der Waals surface area contributed by atoms with Crippen LogP contribution in [0.15, 0.2) is 6.20 Å². The molecule has 1 unspecified atom stereocenters. The summed E-state index contributed by atoms with van der Waals surface area (Å²) in [6.07, 6.45) is 4.69. The molecule has 1 aromatic heterocycles. The quantitative estimate of drug-likeness (QED) is 0.743. The minimum Gasteiger partial charge on any atom is -0.394 e. The van der Waals surface area contributed by atoms with Crippen LogP contribution in [0, 0.1) is 5.92 Å². The first-order chi connectivity index (χ1) is 7.25. The maximum absolute atomic E-state index is 5.62. The predicted molar refractivity (Wildman–Crippen MR) is 58.1 cm³/mol. The third-order valence-electron chi connectivity index (χ3n) is 2.62. The van der Waals surface area contributed by atoms with Gasteiger partial charge >= 0.3 is 0 Å². The van der Waals surface area contributed by atoms with Gasteiger partial charge in [-0.3, -0.25) is 0 Å². The summed E-state index contributed by atoms with van der Waals surface area (Å²) < 4.78 is 5.40. The highest BCUT2D eigenvalue weighted by Crippen LogP contribution is 2.18. The van der Waals surface area contributed by atoms with Gasteiger partial charge in [-0.15, -0.1) is 0 Å². The van der Waals surface area contributed by atoms with Crippen LogP contribution in [-0.4, -0.2) is 23.2 Å². The van der Waals surface area contributed by atoms with Gasteiger partial charge in [-0.05, 0) is 18.8 Å². The number of anilines is 2. The van der Waals surface area contributed by atoms with Gasteiger partial charge in [-0.25, -0.2) is 9.97 Å². The summed E-state index contributed by atoms with van der Waals surface area (Å²) in [4.78, 5) is 8.31. The lowest BCUT2D eigenvalue weighted by atomic mass is 9.98. The Hall–Kier alpha value is -1.36. The molecule has 4 N–H and O–H groups in total. The van der Waals surface area contributed by atoms with E-state index in [0.717, 1.165) is 31.9 Å².